The maximum Gasteiger partial charge on any atom is 0.155 e. The Kier molecular flexibility index (Phi) is 4.31. The van der Waals surface area contributed by atoms with Crippen molar-refractivity contribution in [3.05, 3.63) is 30.7 Å². The average Bonchev–Trinajstić information content (AvgIpc) is 3.06. The van der Waals surface area contributed by atoms with Gasteiger partial charge in [-0.15, -0.1) is 0 Å². The van der Waals surface area contributed by atoms with Crippen LogP contribution in [0.25, 0.3) is 22.4 Å². The highest BCUT2D eigenvalue weighted by Crippen LogP contribution is 2.25. The zero-order valence-corrected chi connectivity index (χ0v) is 14.6. The molecule has 4 heterocycles. The second kappa shape index (κ2) is 6.76. The van der Waals surface area contributed by atoms with E-state index in [9.17, 15) is 0 Å². The van der Waals surface area contributed by atoms with Gasteiger partial charge in [-0.1, -0.05) is 13.8 Å². The van der Waals surface area contributed by atoms with E-state index in [0.29, 0.717) is 12.0 Å². The maximum absolute atomic E-state index is 4.83. The fourth-order valence-corrected chi connectivity index (χ4v) is 3.43. The van der Waals surface area contributed by atoms with E-state index in [2.05, 4.69) is 44.2 Å². The Morgan fingerprint density at radius 1 is 1.32 bits per heavy atom. The third-order valence-electron chi connectivity index (χ3n) is 4.54. The summed E-state index contributed by atoms with van der Waals surface area (Å²) in [5.74, 6) is 1.59. The number of aromatic amines is 1. The van der Waals surface area contributed by atoms with Crippen molar-refractivity contribution in [3.8, 4) is 11.4 Å². The van der Waals surface area contributed by atoms with E-state index in [1.807, 2.05) is 18.3 Å². The second-order valence-electron chi connectivity index (χ2n) is 6.96. The van der Waals surface area contributed by atoms with Gasteiger partial charge in [-0.05, 0) is 24.5 Å². The predicted octanol–water partition coefficient (Wildman–Crippen LogP) is 2.24. The van der Waals surface area contributed by atoms with Crippen LogP contribution in [0, 0.1) is 5.92 Å². The van der Waals surface area contributed by atoms with E-state index in [0.717, 1.165) is 47.9 Å². The molecule has 0 spiro atoms. The summed E-state index contributed by atoms with van der Waals surface area (Å²) in [6, 6.07) is 4.40. The Morgan fingerprint density at radius 2 is 2.24 bits per heavy atom. The van der Waals surface area contributed by atoms with Gasteiger partial charge in [-0.25, -0.2) is 9.97 Å². The molecule has 0 bridgehead atoms. The zero-order chi connectivity index (χ0) is 17.2. The van der Waals surface area contributed by atoms with E-state index in [1.165, 1.54) is 6.42 Å². The molecule has 130 valence electrons. The number of piperazine rings is 1. The van der Waals surface area contributed by atoms with Crippen LogP contribution in [0.3, 0.4) is 0 Å². The first-order valence-corrected chi connectivity index (χ1v) is 8.80. The molecule has 1 aliphatic rings. The molecule has 1 atom stereocenters. The Labute approximate surface area is 146 Å². The molecule has 0 saturated carbocycles. The minimum atomic E-state index is 0.495. The Balaban J connectivity index is 1.61. The summed E-state index contributed by atoms with van der Waals surface area (Å²) in [5, 5.41) is 11.9. The molecule has 7 nitrogen and oxygen atoms in total. The number of anilines is 1. The monoisotopic (exact) mass is 337 g/mol. The molecule has 7 heteroatoms. The van der Waals surface area contributed by atoms with E-state index in [4.69, 9.17) is 4.98 Å². The van der Waals surface area contributed by atoms with E-state index < -0.39 is 0 Å². The lowest BCUT2D eigenvalue weighted by Gasteiger charge is -2.35. The summed E-state index contributed by atoms with van der Waals surface area (Å²) >= 11 is 0. The molecular weight excluding hydrogens is 314 g/mol. The van der Waals surface area contributed by atoms with Gasteiger partial charge in [0.2, 0.25) is 0 Å². The fraction of sp³-hybridized carbons (Fsp3) is 0.444. The van der Waals surface area contributed by atoms with Gasteiger partial charge in [-0.2, -0.15) is 5.10 Å². The summed E-state index contributed by atoms with van der Waals surface area (Å²) in [4.78, 5) is 15.8. The minimum Gasteiger partial charge on any atom is -0.352 e. The molecule has 0 radical (unpaired) electrons. The van der Waals surface area contributed by atoms with Gasteiger partial charge in [0, 0.05) is 37.3 Å². The van der Waals surface area contributed by atoms with Crippen LogP contribution in [0.5, 0.6) is 0 Å². The lowest BCUT2D eigenvalue weighted by atomic mass is 10.0. The van der Waals surface area contributed by atoms with Crippen molar-refractivity contribution in [1.29, 1.82) is 0 Å². The van der Waals surface area contributed by atoms with Crippen LogP contribution >= 0.6 is 0 Å². The Hall–Kier alpha value is -2.54. The van der Waals surface area contributed by atoms with Crippen molar-refractivity contribution < 1.29 is 0 Å². The summed E-state index contributed by atoms with van der Waals surface area (Å²) in [7, 11) is 0. The topological polar surface area (TPSA) is 82.6 Å². The highest BCUT2D eigenvalue weighted by Gasteiger charge is 2.22. The number of nitrogens with one attached hydrogen (secondary N) is 2. The standard InChI is InChI=1S/C18H23N7/c1-12(2)8-13-11-25(7-6-20-13)16-10-19-9-15(22-16)17-14-4-3-5-21-18(14)24-23-17/h3-5,9-10,12-13,20H,6-8,11H2,1-2H3,(H,21,23,24). The molecule has 4 rings (SSSR count). The van der Waals surface area contributed by atoms with E-state index >= 15 is 0 Å². The third kappa shape index (κ3) is 3.32. The number of hydrogen-bond acceptors (Lipinski definition) is 6. The molecule has 25 heavy (non-hydrogen) atoms. The molecule has 0 aromatic carbocycles. The molecule has 0 aliphatic carbocycles. The average molecular weight is 337 g/mol. The lowest BCUT2D eigenvalue weighted by Crippen LogP contribution is -2.51. The van der Waals surface area contributed by atoms with Crippen molar-refractivity contribution in [2.75, 3.05) is 24.5 Å². The number of nitrogens with zero attached hydrogens (tertiary/aromatic N) is 5. The fourth-order valence-electron chi connectivity index (χ4n) is 3.43. The highest BCUT2D eigenvalue weighted by molar-refractivity contribution is 5.89. The summed E-state index contributed by atoms with van der Waals surface area (Å²) in [6.07, 6.45) is 6.52. The number of hydrogen-bond donors (Lipinski definition) is 2. The van der Waals surface area contributed by atoms with Crippen LogP contribution in [0.15, 0.2) is 30.7 Å². The molecule has 2 N–H and O–H groups in total. The zero-order valence-electron chi connectivity index (χ0n) is 14.6. The molecule has 1 unspecified atom stereocenters. The molecular formula is C18H23N7. The van der Waals surface area contributed by atoms with Gasteiger partial charge in [-0.3, -0.25) is 10.1 Å². The number of aromatic nitrogens is 5. The summed E-state index contributed by atoms with van der Waals surface area (Å²) in [5.41, 5.74) is 2.34. The molecule has 0 amide bonds. The predicted molar refractivity (Wildman–Crippen MR) is 98.4 cm³/mol. The van der Waals surface area contributed by atoms with Crippen molar-refractivity contribution in [3.63, 3.8) is 0 Å². The van der Waals surface area contributed by atoms with Crippen molar-refractivity contribution in [2.24, 2.45) is 5.92 Å². The maximum atomic E-state index is 4.83. The third-order valence-corrected chi connectivity index (χ3v) is 4.54. The minimum absolute atomic E-state index is 0.495. The van der Waals surface area contributed by atoms with Crippen molar-refractivity contribution in [2.45, 2.75) is 26.3 Å². The quantitative estimate of drug-likeness (QED) is 0.760. The number of H-pyrrole nitrogens is 1. The van der Waals surface area contributed by atoms with Crippen LogP contribution in [-0.4, -0.2) is 50.8 Å². The van der Waals surface area contributed by atoms with Gasteiger partial charge < -0.3 is 10.2 Å². The molecule has 1 saturated heterocycles. The molecule has 3 aromatic heterocycles. The number of rotatable bonds is 4. The smallest absolute Gasteiger partial charge is 0.155 e. The SMILES string of the molecule is CC(C)CC1CN(c2cncc(-c3n[nH]c4ncccc34)n2)CCN1. The molecule has 1 fully saturated rings. The summed E-state index contributed by atoms with van der Waals surface area (Å²) < 4.78 is 0. The highest BCUT2D eigenvalue weighted by atomic mass is 15.3. The van der Waals surface area contributed by atoms with Crippen LogP contribution in [0.2, 0.25) is 0 Å². The first-order valence-electron chi connectivity index (χ1n) is 8.80. The van der Waals surface area contributed by atoms with Crippen LogP contribution < -0.4 is 10.2 Å². The van der Waals surface area contributed by atoms with Gasteiger partial charge >= 0.3 is 0 Å². The van der Waals surface area contributed by atoms with Crippen molar-refractivity contribution >= 4 is 16.9 Å². The first kappa shape index (κ1) is 16.0. The van der Waals surface area contributed by atoms with Crippen LogP contribution in [0.4, 0.5) is 5.82 Å². The Morgan fingerprint density at radius 3 is 3.12 bits per heavy atom. The van der Waals surface area contributed by atoms with Crippen molar-refractivity contribution in [1.82, 2.24) is 30.5 Å². The second-order valence-corrected chi connectivity index (χ2v) is 6.96. The number of fused-ring (bicyclic) bond motifs is 1. The van der Waals surface area contributed by atoms with Crippen LogP contribution in [0.1, 0.15) is 20.3 Å². The van der Waals surface area contributed by atoms with Gasteiger partial charge in [0.1, 0.15) is 17.2 Å². The van der Waals surface area contributed by atoms with Gasteiger partial charge in [0.05, 0.1) is 12.4 Å². The van der Waals surface area contributed by atoms with Gasteiger partial charge in [0.15, 0.2) is 5.65 Å². The van der Waals surface area contributed by atoms with E-state index in [-0.39, 0.29) is 0 Å². The normalized spacial score (nSPS) is 18.2. The largest absolute Gasteiger partial charge is 0.352 e. The summed E-state index contributed by atoms with van der Waals surface area (Å²) in [6.45, 7) is 7.39. The Bertz CT molecular complexity index is 857. The molecule has 1 aliphatic heterocycles. The number of pyridine rings is 1. The van der Waals surface area contributed by atoms with Gasteiger partial charge in [0.25, 0.3) is 0 Å². The first-order chi connectivity index (χ1) is 12.2. The van der Waals surface area contributed by atoms with E-state index in [1.54, 1.807) is 12.4 Å². The van der Waals surface area contributed by atoms with Crippen LogP contribution in [-0.2, 0) is 0 Å². The molecule has 3 aromatic rings. The lowest BCUT2D eigenvalue weighted by molar-refractivity contribution is 0.387.